The van der Waals surface area contributed by atoms with Gasteiger partial charge in [0, 0.05) is 18.8 Å². The van der Waals surface area contributed by atoms with E-state index < -0.39 is 26.9 Å². The quantitative estimate of drug-likeness (QED) is 0.868. The summed E-state index contributed by atoms with van der Waals surface area (Å²) < 4.78 is 39.5. The molecule has 0 amide bonds. The molecule has 3 N–H and O–H groups in total. The van der Waals surface area contributed by atoms with Gasteiger partial charge in [0.1, 0.15) is 0 Å². The lowest BCUT2D eigenvalue weighted by atomic mass is 10.1. The molecular formula is C13H14FN3O2S. The molecule has 0 fully saturated rings. The smallest absolute Gasteiger partial charge is 0.261 e. The number of rotatable bonds is 5. The van der Waals surface area contributed by atoms with Gasteiger partial charge in [-0.3, -0.25) is 0 Å². The van der Waals surface area contributed by atoms with Gasteiger partial charge < -0.3 is 5.73 Å². The van der Waals surface area contributed by atoms with Crippen molar-refractivity contribution in [3.63, 3.8) is 0 Å². The van der Waals surface area contributed by atoms with Crippen molar-refractivity contribution >= 4 is 10.0 Å². The molecular weight excluding hydrogens is 281 g/mol. The van der Waals surface area contributed by atoms with Crippen LogP contribution in [0.25, 0.3) is 0 Å². The van der Waals surface area contributed by atoms with Crippen LogP contribution < -0.4 is 10.5 Å². The first-order valence-electron chi connectivity index (χ1n) is 5.91. The van der Waals surface area contributed by atoms with Crippen LogP contribution in [-0.4, -0.2) is 19.9 Å². The zero-order valence-corrected chi connectivity index (χ0v) is 11.3. The van der Waals surface area contributed by atoms with Crippen molar-refractivity contribution in [3.8, 4) is 0 Å². The first kappa shape index (κ1) is 14.6. The van der Waals surface area contributed by atoms with E-state index in [0.29, 0.717) is 0 Å². The SMILES string of the molecule is NC(CNS(=O)(=O)c1ncccc1F)c1ccccc1. The van der Waals surface area contributed by atoms with Crippen LogP contribution in [0.5, 0.6) is 0 Å². The first-order valence-corrected chi connectivity index (χ1v) is 7.40. The topological polar surface area (TPSA) is 85.1 Å². The molecule has 0 saturated heterocycles. The normalized spacial score (nSPS) is 13.1. The summed E-state index contributed by atoms with van der Waals surface area (Å²) in [5.74, 6) is -0.895. The predicted molar refractivity (Wildman–Crippen MR) is 72.8 cm³/mol. The minimum Gasteiger partial charge on any atom is -0.323 e. The molecule has 1 aromatic carbocycles. The lowest BCUT2D eigenvalue weighted by molar-refractivity contribution is 0.540. The fourth-order valence-corrected chi connectivity index (χ4v) is 2.71. The second-order valence-corrected chi connectivity index (χ2v) is 5.84. The van der Waals surface area contributed by atoms with E-state index in [4.69, 9.17) is 5.73 Å². The molecule has 2 rings (SSSR count). The van der Waals surface area contributed by atoms with Crippen molar-refractivity contribution < 1.29 is 12.8 Å². The summed E-state index contributed by atoms with van der Waals surface area (Å²) in [6.07, 6.45) is 1.22. The number of nitrogens with one attached hydrogen (secondary N) is 1. The Morgan fingerprint density at radius 2 is 1.90 bits per heavy atom. The summed E-state index contributed by atoms with van der Waals surface area (Å²) in [7, 11) is -4.01. The zero-order valence-electron chi connectivity index (χ0n) is 10.5. The molecule has 0 radical (unpaired) electrons. The second-order valence-electron chi connectivity index (χ2n) is 4.16. The number of nitrogens with zero attached hydrogens (tertiary/aromatic N) is 1. The van der Waals surface area contributed by atoms with Crippen molar-refractivity contribution in [2.24, 2.45) is 5.73 Å². The first-order chi connectivity index (χ1) is 9.50. The Labute approximate surface area is 116 Å². The van der Waals surface area contributed by atoms with Crippen LogP contribution in [0, 0.1) is 5.82 Å². The summed E-state index contributed by atoms with van der Waals surface area (Å²) in [6, 6.07) is 10.9. The number of nitrogens with two attached hydrogens (primary N) is 1. The molecule has 1 aromatic heterocycles. The molecule has 0 aliphatic heterocycles. The maximum atomic E-state index is 13.4. The highest BCUT2D eigenvalue weighted by molar-refractivity contribution is 7.89. The highest BCUT2D eigenvalue weighted by atomic mass is 32.2. The Balaban J connectivity index is 2.09. The molecule has 1 atom stereocenters. The molecule has 0 aliphatic carbocycles. The molecule has 2 aromatic rings. The van der Waals surface area contributed by atoms with Crippen LogP contribution in [0.2, 0.25) is 0 Å². The maximum absolute atomic E-state index is 13.4. The summed E-state index contributed by atoms with van der Waals surface area (Å²) in [4.78, 5) is 3.53. The van der Waals surface area contributed by atoms with Crippen molar-refractivity contribution in [3.05, 3.63) is 60.0 Å². The Bertz CT molecular complexity index is 677. The molecule has 1 heterocycles. The molecule has 0 bridgehead atoms. The van der Waals surface area contributed by atoms with E-state index in [0.717, 1.165) is 11.6 Å². The molecule has 0 spiro atoms. The van der Waals surface area contributed by atoms with Crippen LogP contribution in [0.15, 0.2) is 53.7 Å². The van der Waals surface area contributed by atoms with Crippen LogP contribution in [0.4, 0.5) is 4.39 Å². The zero-order chi connectivity index (χ0) is 14.6. The molecule has 20 heavy (non-hydrogen) atoms. The number of pyridine rings is 1. The number of hydrogen-bond donors (Lipinski definition) is 2. The summed E-state index contributed by atoms with van der Waals surface area (Å²) >= 11 is 0. The number of benzene rings is 1. The van der Waals surface area contributed by atoms with Gasteiger partial charge in [0.2, 0.25) is 5.03 Å². The van der Waals surface area contributed by atoms with Gasteiger partial charge >= 0.3 is 0 Å². The molecule has 0 aliphatic rings. The van der Waals surface area contributed by atoms with E-state index in [9.17, 15) is 12.8 Å². The lowest BCUT2D eigenvalue weighted by Crippen LogP contribution is -2.32. The van der Waals surface area contributed by atoms with Crippen LogP contribution in [0.3, 0.4) is 0 Å². The third kappa shape index (κ3) is 3.38. The maximum Gasteiger partial charge on any atom is 0.261 e. The van der Waals surface area contributed by atoms with Crippen molar-refractivity contribution in [1.82, 2.24) is 9.71 Å². The van der Waals surface area contributed by atoms with Gasteiger partial charge in [0.05, 0.1) is 0 Å². The van der Waals surface area contributed by atoms with E-state index in [1.165, 1.54) is 12.3 Å². The highest BCUT2D eigenvalue weighted by Gasteiger charge is 2.21. The third-order valence-corrected chi connectivity index (χ3v) is 4.06. The summed E-state index contributed by atoms with van der Waals surface area (Å²) in [6.45, 7) is -0.0393. The molecule has 7 heteroatoms. The highest BCUT2D eigenvalue weighted by Crippen LogP contribution is 2.12. The molecule has 106 valence electrons. The van der Waals surface area contributed by atoms with Gasteiger partial charge in [0.25, 0.3) is 10.0 Å². The van der Waals surface area contributed by atoms with Gasteiger partial charge in [-0.05, 0) is 17.7 Å². The standard InChI is InChI=1S/C13H14FN3O2S/c14-11-7-4-8-16-13(11)20(18,19)17-9-12(15)10-5-2-1-3-6-10/h1-8,12,17H,9,15H2. The average molecular weight is 295 g/mol. The monoisotopic (exact) mass is 295 g/mol. The number of sulfonamides is 1. The fourth-order valence-electron chi connectivity index (χ4n) is 1.65. The molecule has 1 unspecified atom stereocenters. The third-order valence-electron chi connectivity index (χ3n) is 2.70. The van der Waals surface area contributed by atoms with E-state index in [1.54, 1.807) is 12.1 Å². The van der Waals surface area contributed by atoms with Gasteiger partial charge in [-0.25, -0.2) is 22.5 Å². The molecule has 0 saturated carbocycles. The van der Waals surface area contributed by atoms with Gasteiger partial charge in [0.15, 0.2) is 5.82 Å². The minimum atomic E-state index is -4.01. The van der Waals surface area contributed by atoms with Crippen molar-refractivity contribution in [2.75, 3.05) is 6.54 Å². The number of hydrogen-bond acceptors (Lipinski definition) is 4. The van der Waals surface area contributed by atoms with Crippen molar-refractivity contribution in [2.45, 2.75) is 11.1 Å². The van der Waals surface area contributed by atoms with Crippen LogP contribution in [0.1, 0.15) is 11.6 Å². The predicted octanol–water partition coefficient (Wildman–Crippen LogP) is 1.20. The Hall–Kier alpha value is -1.83. The number of halogens is 1. The van der Waals surface area contributed by atoms with E-state index in [1.807, 2.05) is 18.2 Å². The van der Waals surface area contributed by atoms with E-state index >= 15 is 0 Å². The van der Waals surface area contributed by atoms with E-state index in [-0.39, 0.29) is 6.54 Å². The Morgan fingerprint density at radius 1 is 1.20 bits per heavy atom. The van der Waals surface area contributed by atoms with Gasteiger partial charge in [-0.2, -0.15) is 0 Å². The second kappa shape index (κ2) is 6.08. The van der Waals surface area contributed by atoms with Crippen LogP contribution >= 0.6 is 0 Å². The van der Waals surface area contributed by atoms with Gasteiger partial charge in [-0.15, -0.1) is 0 Å². The largest absolute Gasteiger partial charge is 0.323 e. The van der Waals surface area contributed by atoms with E-state index in [2.05, 4.69) is 9.71 Å². The fraction of sp³-hybridized carbons (Fsp3) is 0.154. The summed E-state index contributed by atoms with van der Waals surface area (Å²) in [5.41, 5.74) is 6.67. The Morgan fingerprint density at radius 3 is 2.55 bits per heavy atom. The van der Waals surface area contributed by atoms with Gasteiger partial charge in [-0.1, -0.05) is 30.3 Å². The van der Waals surface area contributed by atoms with Crippen molar-refractivity contribution in [1.29, 1.82) is 0 Å². The minimum absolute atomic E-state index is 0.0393. The summed E-state index contributed by atoms with van der Waals surface area (Å²) in [5, 5.41) is -0.625. The Kier molecular flexibility index (Phi) is 4.43. The number of aromatic nitrogens is 1. The lowest BCUT2D eigenvalue weighted by Gasteiger charge is -2.13. The average Bonchev–Trinajstić information content (AvgIpc) is 2.46. The van der Waals surface area contributed by atoms with Crippen LogP contribution in [-0.2, 0) is 10.0 Å². The molecule has 5 nitrogen and oxygen atoms in total.